The summed E-state index contributed by atoms with van der Waals surface area (Å²) in [4.78, 5) is 15.3. The van der Waals surface area contributed by atoms with Gasteiger partial charge in [-0.2, -0.15) is 0 Å². The van der Waals surface area contributed by atoms with Gasteiger partial charge in [-0.1, -0.05) is 45.0 Å². The van der Waals surface area contributed by atoms with Gasteiger partial charge in [-0.25, -0.2) is 0 Å². The quantitative estimate of drug-likeness (QED) is 0.595. The Labute approximate surface area is 188 Å². The van der Waals surface area contributed by atoms with Crippen LogP contribution in [0.1, 0.15) is 76.1 Å². The van der Waals surface area contributed by atoms with Crippen molar-refractivity contribution in [3.05, 3.63) is 59.2 Å². The van der Waals surface area contributed by atoms with Crippen molar-refractivity contribution in [1.29, 1.82) is 0 Å². The molecule has 2 aromatic carbocycles. The first kappa shape index (κ1) is 23.2. The van der Waals surface area contributed by atoms with Crippen LogP contribution in [0, 0.1) is 12.8 Å². The first-order chi connectivity index (χ1) is 14.7. The molecule has 0 unspecified atom stereocenters. The van der Waals surface area contributed by atoms with Crippen molar-refractivity contribution in [2.75, 3.05) is 18.0 Å². The lowest BCUT2D eigenvalue weighted by molar-refractivity contribution is -0.127. The topological polar surface area (TPSA) is 41.6 Å². The van der Waals surface area contributed by atoms with Gasteiger partial charge in [0.15, 0.2) is 6.10 Å². The maximum absolute atomic E-state index is 12.8. The van der Waals surface area contributed by atoms with Crippen LogP contribution in [0.2, 0.25) is 0 Å². The number of ether oxygens (including phenoxy) is 1. The van der Waals surface area contributed by atoms with Crippen molar-refractivity contribution in [2.45, 2.75) is 72.4 Å². The standard InChI is InChI=1S/C27H38N2O2/c1-18(2)25-14-9-19(3)16-26(25)31-22(6)27(30)28-21(5)23-10-12-24(13-11-23)29-15-7-8-20(4)17-29/h9-14,16,18,20-22H,7-8,15,17H2,1-6H3,(H,28,30)/t20-,21-,22+/m0/s1. The minimum Gasteiger partial charge on any atom is -0.481 e. The third-order valence-electron chi connectivity index (χ3n) is 6.24. The van der Waals surface area contributed by atoms with Crippen LogP contribution in [0.5, 0.6) is 5.75 Å². The van der Waals surface area contributed by atoms with Gasteiger partial charge in [-0.15, -0.1) is 0 Å². The van der Waals surface area contributed by atoms with E-state index in [2.05, 4.69) is 67.4 Å². The summed E-state index contributed by atoms with van der Waals surface area (Å²) in [7, 11) is 0. The van der Waals surface area contributed by atoms with Gasteiger partial charge in [0.1, 0.15) is 5.75 Å². The van der Waals surface area contributed by atoms with Crippen LogP contribution < -0.4 is 15.0 Å². The summed E-state index contributed by atoms with van der Waals surface area (Å²) in [6.45, 7) is 14.7. The lowest BCUT2D eigenvalue weighted by Gasteiger charge is -2.33. The van der Waals surface area contributed by atoms with Gasteiger partial charge >= 0.3 is 0 Å². The molecule has 4 heteroatoms. The van der Waals surface area contributed by atoms with Crippen LogP contribution in [0.15, 0.2) is 42.5 Å². The maximum atomic E-state index is 12.8. The third kappa shape index (κ3) is 6.03. The summed E-state index contributed by atoms with van der Waals surface area (Å²) in [5.41, 5.74) is 4.63. The number of rotatable bonds is 7. The van der Waals surface area contributed by atoms with Crippen LogP contribution in [0.4, 0.5) is 5.69 Å². The molecule has 2 aromatic rings. The molecule has 3 rings (SSSR count). The normalized spacial score (nSPS) is 18.5. The molecule has 0 radical (unpaired) electrons. The molecule has 1 saturated heterocycles. The molecule has 0 aromatic heterocycles. The Balaban J connectivity index is 1.60. The number of nitrogens with zero attached hydrogens (tertiary/aromatic N) is 1. The fraction of sp³-hybridized carbons (Fsp3) is 0.519. The molecule has 168 valence electrons. The molecule has 1 amide bonds. The van der Waals surface area contributed by atoms with E-state index in [9.17, 15) is 4.79 Å². The molecule has 0 saturated carbocycles. The van der Waals surface area contributed by atoms with Crippen molar-refractivity contribution in [3.63, 3.8) is 0 Å². The van der Waals surface area contributed by atoms with E-state index in [0.717, 1.165) is 41.4 Å². The lowest BCUT2D eigenvalue weighted by atomic mass is 9.99. The highest BCUT2D eigenvalue weighted by Crippen LogP contribution is 2.29. The predicted octanol–water partition coefficient (Wildman–Crippen LogP) is 6.00. The average molecular weight is 423 g/mol. The van der Waals surface area contributed by atoms with E-state index in [1.807, 2.05) is 26.8 Å². The summed E-state index contributed by atoms with van der Waals surface area (Å²) in [5.74, 6) is 1.78. The number of benzene rings is 2. The molecule has 1 aliphatic heterocycles. The number of piperidine rings is 1. The highest BCUT2D eigenvalue weighted by Gasteiger charge is 2.21. The van der Waals surface area contributed by atoms with Gasteiger partial charge in [0.2, 0.25) is 0 Å². The molecule has 31 heavy (non-hydrogen) atoms. The lowest BCUT2D eigenvalue weighted by Crippen LogP contribution is -2.38. The number of carbonyl (C=O) groups excluding carboxylic acids is 1. The van der Waals surface area contributed by atoms with Gasteiger partial charge in [0.05, 0.1) is 6.04 Å². The van der Waals surface area contributed by atoms with Crippen molar-refractivity contribution < 1.29 is 9.53 Å². The Bertz CT molecular complexity index is 875. The fourth-order valence-corrected chi connectivity index (χ4v) is 4.28. The number of hydrogen-bond acceptors (Lipinski definition) is 3. The number of hydrogen-bond donors (Lipinski definition) is 1. The Hall–Kier alpha value is -2.49. The highest BCUT2D eigenvalue weighted by molar-refractivity contribution is 5.81. The third-order valence-corrected chi connectivity index (χ3v) is 6.24. The summed E-state index contributed by atoms with van der Waals surface area (Å²) < 4.78 is 6.08. The second kappa shape index (κ2) is 10.2. The number of aryl methyl sites for hydroxylation is 1. The monoisotopic (exact) mass is 422 g/mol. The molecule has 0 aliphatic carbocycles. The number of amides is 1. The molecule has 1 aliphatic rings. The summed E-state index contributed by atoms with van der Waals surface area (Å²) >= 11 is 0. The Morgan fingerprint density at radius 3 is 2.45 bits per heavy atom. The molecule has 4 nitrogen and oxygen atoms in total. The highest BCUT2D eigenvalue weighted by atomic mass is 16.5. The zero-order chi connectivity index (χ0) is 22.5. The Kier molecular flexibility index (Phi) is 7.64. The van der Waals surface area contributed by atoms with Crippen LogP contribution in [0.3, 0.4) is 0 Å². The van der Waals surface area contributed by atoms with E-state index in [0.29, 0.717) is 5.92 Å². The van der Waals surface area contributed by atoms with E-state index in [1.165, 1.54) is 18.5 Å². The summed E-state index contributed by atoms with van der Waals surface area (Å²) in [6.07, 6.45) is 2.02. The van der Waals surface area contributed by atoms with Crippen molar-refractivity contribution in [3.8, 4) is 5.75 Å². The summed E-state index contributed by atoms with van der Waals surface area (Å²) in [6, 6.07) is 14.7. The average Bonchev–Trinajstić information content (AvgIpc) is 2.73. The van der Waals surface area contributed by atoms with Crippen molar-refractivity contribution >= 4 is 11.6 Å². The molecular weight excluding hydrogens is 384 g/mol. The zero-order valence-electron chi connectivity index (χ0n) is 19.9. The first-order valence-electron chi connectivity index (χ1n) is 11.7. The number of anilines is 1. The summed E-state index contributed by atoms with van der Waals surface area (Å²) in [5, 5.41) is 3.11. The van der Waals surface area contributed by atoms with E-state index < -0.39 is 6.10 Å². The van der Waals surface area contributed by atoms with Gasteiger partial charge < -0.3 is 15.0 Å². The fourth-order valence-electron chi connectivity index (χ4n) is 4.28. The zero-order valence-corrected chi connectivity index (χ0v) is 19.9. The van der Waals surface area contributed by atoms with Gasteiger partial charge in [0, 0.05) is 18.8 Å². The molecule has 0 bridgehead atoms. The SMILES string of the molecule is Cc1ccc(C(C)C)c(O[C@H](C)C(=O)N[C@@H](C)c2ccc(N3CCC[C@H](C)C3)cc2)c1. The minimum absolute atomic E-state index is 0.0741. The van der Waals surface area contributed by atoms with E-state index >= 15 is 0 Å². The maximum Gasteiger partial charge on any atom is 0.261 e. The Morgan fingerprint density at radius 2 is 1.81 bits per heavy atom. The van der Waals surface area contributed by atoms with E-state index in [-0.39, 0.29) is 11.9 Å². The van der Waals surface area contributed by atoms with Crippen LogP contribution in [-0.2, 0) is 4.79 Å². The first-order valence-corrected chi connectivity index (χ1v) is 11.7. The molecular formula is C27H38N2O2. The second-order valence-electron chi connectivity index (χ2n) is 9.47. The largest absolute Gasteiger partial charge is 0.481 e. The van der Waals surface area contributed by atoms with Crippen LogP contribution in [-0.4, -0.2) is 25.1 Å². The van der Waals surface area contributed by atoms with E-state index in [4.69, 9.17) is 4.74 Å². The van der Waals surface area contributed by atoms with Gasteiger partial charge in [-0.05, 0) is 80.3 Å². The molecule has 1 fully saturated rings. The van der Waals surface area contributed by atoms with Crippen LogP contribution in [0.25, 0.3) is 0 Å². The van der Waals surface area contributed by atoms with Crippen LogP contribution >= 0.6 is 0 Å². The minimum atomic E-state index is -0.559. The second-order valence-corrected chi connectivity index (χ2v) is 9.47. The van der Waals surface area contributed by atoms with Crippen molar-refractivity contribution in [2.24, 2.45) is 5.92 Å². The predicted molar refractivity (Wildman–Crippen MR) is 129 cm³/mol. The Morgan fingerprint density at radius 1 is 1.10 bits per heavy atom. The number of carbonyl (C=O) groups is 1. The molecule has 3 atom stereocenters. The number of nitrogens with one attached hydrogen (secondary N) is 1. The van der Waals surface area contributed by atoms with E-state index in [1.54, 1.807) is 0 Å². The smallest absolute Gasteiger partial charge is 0.261 e. The van der Waals surface area contributed by atoms with Crippen molar-refractivity contribution in [1.82, 2.24) is 5.32 Å². The molecule has 0 spiro atoms. The van der Waals surface area contributed by atoms with Gasteiger partial charge in [0.25, 0.3) is 5.91 Å². The molecule has 1 heterocycles. The molecule has 1 N–H and O–H groups in total. The van der Waals surface area contributed by atoms with Gasteiger partial charge in [-0.3, -0.25) is 4.79 Å².